The van der Waals surface area contributed by atoms with Gasteiger partial charge in [-0.3, -0.25) is 9.48 Å². The van der Waals surface area contributed by atoms with Crippen molar-refractivity contribution in [3.05, 3.63) is 47.8 Å². The number of carbonyl (C=O) groups excluding carboxylic acids is 1. The van der Waals surface area contributed by atoms with Crippen LogP contribution in [0.3, 0.4) is 0 Å². The number of benzene rings is 1. The number of rotatable bonds is 5. The van der Waals surface area contributed by atoms with Gasteiger partial charge in [0.25, 0.3) is 12.9 Å². The van der Waals surface area contributed by atoms with E-state index in [0.717, 1.165) is 0 Å². The van der Waals surface area contributed by atoms with Crippen molar-refractivity contribution in [1.82, 2.24) is 9.78 Å². The highest BCUT2D eigenvalue weighted by Crippen LogP contribution is 2.27. The Hall–Kier alpha value is -2.38. The molecular weight excluding hydrogens is 302 g/mol. The summed E-state index contributed by atoms with van der Waals surface area (Å²) in [5.41, 5.74) is -1.03. The van der Waals surface area contributed by atoms with Crippen LogP contribution in [0.4, 0.5) is 23.2 Å². The van der Waals surface area contributed by atoms with E-state index < -0.39 is 36.2 Å². The number of alkyl halides is 4. The first-order valence-corrected chi connectivity index (χ1v) is 6.41. The lowest BCUT2D eigenvalue weighted by atomic mass is 10.2. The number of hydrogen-bond donors (Lipinski definition) is 1. The lowest BCUT2D eigenvalue weighted by molar-refractivity contribution is -0.119. The third-order valence-electron chi connectivity index (χ3n) is 3.02. The number of nitrogens with zero attached hydrogens (tertiary/aromatic N) is 2. The van der Waals surface area contributed by atoms with E-state index in [1.807, 2.05) is 0 Å². The Balaban J connectivity index is 2.24. The molecule has 0 spiro atoms. The van der Waals surface area contributed by atoms with Crippen molar-refractivity contribution >= 4 is 11.6 Å². The number of aromatic nitrogens is 2. The highest BCUT2D eigenvalue weighted by molar-refractivity contribution is 5.93. The molecule has 8 heteroatoms. The molecule has 0 aliphatic heterocycles. The van der Waals surface area contributed by atoms with E-state index in [2.05, 4.69) is 10.4 Å². The summed E-state index contributed by atoms with van der Waals surface area (Å²) in [4.78, 5) is 12.1. The molecule has 1 amide bonds. The van der Waals surface area contributed by atoms with E-state index in [1.54, 1.807) is 30.3 Å². The zero-order valence-electron chi connectivity index (χ0n) is 11.5. The molecule has 2 aromatic rings. The average Bonchev–Trinajstić information content (AvgIpc) is 2.93. The van der Waals surface area contributed by atoms with Crippen LogP contribution in [0.25, 0.3) is 0 Å². The second-order valence-corrected chi connectivity index (χ2v) is 4.57. The number of anilines is 1. The van der Waals surface area contributed by atoms with Crippen LogP contribution in [0.2, 0.25) is 0 Å². The van der Waals surface area contributed by atoms with Crippen LogP contribution in [-0.2, 0) is 4.79 Å². The number of carbonyl (C=O) groups is 1. The van der Waals surface area contributed by atoms with Crippen molar-refractivity contribution in [1.29, 1.82) is 0 Å². The molecule has 4 nitrogen and oxygen atoms in total. The van der Waals surface area contributed by atoms with E-state index in [0.29, 0.717) is 16.4 Å². The van der Waals surface area contributed by atoms with Crippen molar-refractivity contribution < 1.29 is 22.4 Å². The second-order valence-electron chi connectivity index (χ2n) is 4.57. The van der Waals surface area contributed by atoms with Crippen molar-refractivity contribution in [3.8, 4) is 0 Å². The Morgan fingerprint density at radius 3 is 2.32 bits per heavy atom. The molecule has 1 aromatic heterocycles. The molecule has 0 aliphatic carbocycles. The molecule has 118 valence electrons. The number of halogens is 4. The Morgan fingerprint density at radius 2 is 1.77 bits per heavy atom. The maximum atomic E-state index is 12.9. The molecular formula is C14H13F4N3O. The Bertz CT molecular complexity index is 643. The predicted molar refractivity (Wildman–Crippen MR) is 71.9 cm³/mol. The highest BCUT2D eigenvalue weighted by Gasteiger charge is 2.26. The van der Waals surface area contributed by atoms with Gasteiger partial charge in [-0.15, -0.1) is 0 Å². The third-order valence-corrected chi connectivity index (χ3v) is 3.02. The van der Waals surface area contributed by atoms with E-state index >= 15 is 0 Å². The molecule has 1 unspecified atom stereocenters. The summed E-state index contributed by atoms with van der Waals surface area (Å²) in [5, 5.41) is 5.93. The van der Waals surface area contributed by atoms with E-state index in [9.17, 15) is 22.4 Å². The normalized spacial score (nSPS) is 12.7. The summed E-state index contributed by atoms with van der Waals surface area (Å²) >= 11 is 0. The number of amides is 1. The van der Waals surface area contributed by atoms with Gasteiger partial charge in [-0.25, -0.2) is 17.6 Å². The van der Waals surface area contributed by atoms with E-state index in [-0.39, 0.29) is 0 Å². The van der Waals surface area contributed by atoms with Crippen molar-refractivity contribution in [2.45, 2.75) is 25.8 Å². The van der Waals surface area contributed by atoms with Crippen LogP contribution in [0.5, 0.6) is 0 Å². The standard InChI is InChI=1S/C14H13F4N3O/c1-8(14(22)19-9-5-3-2-4-6-9)21-11(13(17)18)7-10(20-21)12(15)16/h2-8,12-13H,1H3,(H,19,22). The van der Waals surface area contributed by atoms with Gasteiger partial charge in [0.05, 0.1) is 0 Å². The van der Waals surface area contributed by atoms with Gasteiger partial charge in [-0.2, -0.15) is 5.10 Å². The van der Waals surface area contributed by atoms with Gasteiger partial charge in [0.2, 0.25) is 5.91 Å². The Kier molecular flexibility index (Phi) is 4.79. The maximum Gasteiger partial charge on any atom is 0.282 e. The van der Waals surface area contributed by atoms with Crippen molar-refractivity contribution in [2.24, 2.45) is 0 Å². The SMILES string of the molecule is CC(C(=O)Nc1ccccc1)n1nc(C(F)F)cc1C(F)F. The molecule has 0 radical (unpaired) electrons. The first kappa shape index (κ1) is 16.0. The molecule has 2 rings (SSSR count). The van der Waals surface area contributed by atoms with Crippen molar-refractivity contribution in [3.63, 3.8) is 0 Å². The summed E-state index contributed by atoms with van der Waals surface area (Å²) in [7, 11) is 0. The topological polar surface area (TPSA) is 46.9 Å². The summed E-state index contributed by atoms with van der Waals surface area (Å²) in [6, 6.07) is 7.81. The molecule has 22 heavy (non-hydrogen) atoms. The fourth-order valence-corrected chi connectivity index (χ4v) is 1.89. The minimum absolute atomic E-state index is 0.471. The van der Waals surface area contributed by atoms with Gasteiger partial charge in [-0.1, -0.05) is 18.2 Å². The van der Waals surface area contributed by atoms with Gasteiger partial charge in [0.15, 0.2) is 0 Å². The smallest absolute Gasteiger partial charge is 0.282 e. The molecule has 0 fully saturated rings. The fraction of sp³-hybridized carbons (Fsp3) is 0.286. The molecule has 0 bridgehead atoms. The minimum atomic E-state index is -3.01. The quantitative estimate of drug-likeness (QED) is 0.849. The molecule has 0 saturated carbocycles. The monoisotopic (exact) mass is 315 g/mol. The van der Waals surface area contributed by atoms with Crippen molar-refractivity contribution in [2.75, 3.05) is 5.32 Å². The van der Waals surface area contributed by atoms with Gasteiger partial charge >= 0.3 is 0 Å². The molecule has 1 atom stereocenters. The average molecular weight is 315 g/mol. The molecule has 1 N–H and O–H groups in total. The first-order valence-electron chi connectivity index (χ1n) is 6.41. The van der Waals surface area contributed by atoms with Crippen LogP contribution < -0.4 is 5.32 Å². The third kappa shape index (κ3) is 3.44. The Labute approximate surface area is 123 Å². The minimum Gasteiger partial charge on any atom is -0.324 e. The van der Waals surface area contributed by atoms with Gasteiger partial charge in [-0.05, 0) is 25.1 Å². The number of hydrogen-bond acceptors (Lipinski definition) is 2. The van der Waals surface area contributed by atoms with Crippen LogP contribution in [0.1, 0.15) is 37.2 Å². The largest absolute Gasteiger partial charge is 0.324 e. The van der Waals surface area contributed by atoms with Gasteiger partial charge < -0.3 is 5.32 Å². The van der Waals surface area contributed by atoms with Crippen LogP contribution >= 0.6 is 0 Å². The summed E-state index contributed by atoms with van der Waals surface area (Å²) in [6.45, 7) is 1.31. The lowest BCUT2D eigenvalue weighted by Gasteiger charge is -2.15. The van der Waals surface area contributed by atoms with Crippen LogP contribution in [0, 0.1) is 0 Å². The first-order chi connectivity index (χ1) is 10.4. The molecule has 1 heterocycles. The summed E-state index contributed by atoms with van der Waals surface area (Å²) < 4.78 is 51.7. The number of nitrogens with one attached hydrogen (secondary N) is 1. The second kappa shape index (κ2) is 6.59. The zero-order chi connectivity index (χ0) is 16.3. The fourth-order valence-electron chi connectivity index (χ4n) is 1.89. The van der Waals surface area contributed by atoms with E-state index in [1.165, 1.54) is 6.92 Å². The highest BCUT2D eigenvalue weighted by atomic mass is 19.3. The van der Waals surface area contributed by atoms with E-state index in [4.69, 9.17) is 0 Å². The lowest BCUT2D eigenvalue weighted by Crippen LogP contribution is -2.26. The molecule has 0 aliphatic rings. The van der Waals surface area contributed by atoms with Crippen LogP contribution in [-0.4, -0.2) is 15.7 Å². The summed E-state index contributed by atoms with van der Waals surface area (Å²) in [5.74, 6) is -0.628. The maximum absolute atomic E-state index is 12.9. The number of para-hydroxylation sites is 1. The zero-order valence-corrected chi connectivity index (χ0v) is 11.5. The predicted octanol–water partition coefficient (Wildman–Crippen LogP) is 3.96. The van der Waals surface area contributed by atoms with Gasteiger partial charge in [0.1, 0.15) is 17.4 Å². The summed E-state index contributed by atoms with van der Waals surface area (Å²) in [6.07, 6.45) is -5.99. The molecule has 0 saturated heterocycles. The molecule has 1 aromatic carbocycles. The van der Waals surface area contributed by atoms with Gasteiger partial charge in [0, 0.05) is 5.69 Å². The van der Waals surface area contributed by atoms with Crippen LogP contribution in [0.15, 0.2) is 36.4 Å². The Morgan fingerprint density at radius 1 is 1.14 bits per heavy atom.